The van der Waals surface area contributed by atoms with E-state index >= 15 is 0 Å². The van der Waals surface area contributed by atoms with Crippen molar-refractivity contribution in [2.24, 2.45) is 5.10 Å². The third-order valence-corrected chi connectivity index (χ3v) is 6.28. The second kappa shape index (κ2) is 10.7. The fourth-order valence-corrected chi connectivity index (χ4v) is 4.31. The maximum absolute atomic E-state index is 12.3. The Bertz CT molecular complexity index is 1240. The van der Waals surface area contributed by atoms with E-state index in [0.717, 1.165) is 25.8 Å². The fraction of sp³-hybridized carbons (Fsp3) is 0.0435. The number of hydrazone groups is 1. The zero-order valence-electron chi connectivity index (χ0n) is 16.7. The molecule has 4 aromatic rings. The van der Waals surface area contributed by atoms with Crippen molar-refractivity contribution in [3.05, 3.63) is 93.4 Å². The van der Waals surface area contributed by atoms with Crippen LogP contribution in [0.4, 0.5) is 0 Å². The molecule has 0 radical (unpaired) electrons. The Morgan fingerprint density at radius 1 is 0.969 bits per heavy atom. The predicted octanol–water partition coefficient (Wildman–Crippen LogP) is 5.70. The fourth-order valence-electron chi connectivity index (χ4n) is 2.89. The van der Waals surface area contributed by atoms with Crippen molar-refractivity contribution in [3.63, 3.8) is 0 Å². The molecule has 6 nitrogen and oxygen atoms in total. The molecule has 32 heavy (non-hydrogen) atoms. The SMILES string of the molecule is O=C(CSc1nnc(-c2ccc(Br)cc2)n1-c1ccccc1)NN=Cc1cccc(Br)c1. The summed E-state index contributed by atoms with van der Waals surface area (Å²) in [6.45, 7) is 0. The summed E-state index contributed by atoms with van der Waals surface area (Å²) in [6.07, 6.45) is 1.60. The number of thioether (sulfide) groups is 1. The van der Waals surface area contributed by atoms with Gasteiger partial charge in [0.1, 0.15) is 0 Å². The lowest BCUT2D eigenvalue weighted by atomic mass is 10.2. The van der Waals surface area contributed by atoms with Crippen molar-refractivity contribution in [1.29, 1.82) is 0 Å². The molecule has 3 aromatic carbocycles. The standard InChI is InChI=1S/C23H17Br2N5OS/c24-18-11-9-17(10-12-18)22-28-29-23(30(22)20-7-2-1-3-8-20)32-15-21(31)27-26-14-16-5-4-6-19(25)13-16/h1-14H,15H2,(H,27,31). The van der Waals surface area contributed by atoms with Gasteiger partial charge in [-0.1, -0.05) is 86.1 Å². The van der Waals surface area contributed by atoms with E-state index in [1.165, 1.54) is 11.8 Å². The van der Waals surface area contributed by atoms with Gasteiger partial charge in [-0.15, -0.1) is 10.2 Å². The van der Waals surface area contributed by atoms with Crippen LogP contribution in [-0.4, -0.2) is 32.6 Å². The molecule has 1 N–H and O–H groups in total. The van der Waals surface area contributed by atoms with Crippen molar-refractivity contribution >= 4 is 55.7 Å². The Morgan fingerprint density at radius 3 is 2.50 bits per heavy atom. The maximum atomic E-state index is 12.3. The zero-order chi connectivity index (χ0) is 22.3. The average molecular weight is 571 g/mol. The van der Waals surface area contributed by atoms with Crippen LogP contribution >= 0.6 is 43.6 Å². The number of carbonyl (C=O) groups is 1. The number of amides is 1. The molecule has 0 saturated heterocycles. The van der Waals surface area contributed by atoms with Gasteiger partial charge in [0.15, 0.2) is 11.0 Å². The molecule has 0 fully saturated rings. The lowest BCUT2D eigenvalue weighted by Gasteiger charge is -2.10. The van der Waals surface area contributed by atoms with Crippen LogP contribution in [0.3, 0.4) is 0 Å². The smallest absolute Gasteiger partial charge is 0.250 e. The number of nitrogens with one attached hydrogen (secondary N) is 1. The van der Waals surface area contributed by atoms with E-state index in [4.69, 9.17) is 0 Å². The highest BCUT2D eigenvalue weighted by molar-refractivity contribution is 9.10. The predicted molar refractivity (Wildman–Crippen MR) is 135 cm³/mol. The average Bonchev–Trinajstić information content (AvgIpc) is 3.23. The van der Waals surface area contributed by atoms with Crippen molar-refractivity contribution < 1.29 is 4.79 Å². The van der Waals surface area contributed by atoms with Gasteiger partial charge < -0.3 is 0 Å². The Kier molecular flexibility index (Phi) is 7.51. The second-order valence-electron chi connectivity index (χ2n) is 6.62. The van der Waals surface area contributed by atoms with Gasteiger partial charge in [0.2, 0.25) is 0 Å². The van der Waals surface area contributed by atoms with Crippen molar-refractivity contribution in [2.75, 3.05) is 5.75 Å². The Morgan fingerprint density at radius 2 is 1.75 bits per heavy atom. The summed E-state index contributed by atoms with van der Waals surface area (Å²) in [5.41, 5.74) is 5.29. The molecule has 4 rings (SSSR count). The minimum absolute atomic E-state index is 0.154. The largest absolute Gasteiger partial charge is 0.272 e. The first-order valence-electron chi connectivity index (χ1n) is 9.57. The molecule has 9 heteroatoms. The van der Waals surface area contributed by atoms with E-state index in [9.17, 15) is 4.79 Å². The van der Waals surface area contributed by atoms with Crippen LogP contribution in [0.2, 0.25) is 0 Å². The molecule has 0 saturated carbocycles. The molecule has 0 atom stereocenters. The third kappa shape index (κ3) is 5.73. The van der Waals surface area contributed by atoms with Gasteiger partial charge in [0, 0.05) is 20.2 Å². The van der Waals surface area contributed by atoms with Gasteiger partial charge in [-0.05, 0) is 42.0 Å². The molecular weight excluding hydrogens is 554 g/mol. The molecule has 0 aliphatic heterocycles. The summed E-state index contributed by atoms with van der Waals surface area (Å²) < 4.78 is 3.89. The van der Waals surface area contributed by atoms with Crippen LogP contribution in [-0.2, 0) is 4.79 Å². The first-order valence-corrected chi connectivity index (χ1v) is 12.1. The summed E-state index contributed by atoms with van der Waals surface area (Å²) in [5, 5.41) is 13.4. The van der Waals surface area contributed by atoms with E-state index in [1.807, 2.05) is 83.4 Å². The van der Waals surface area contributed by atoms with Gasteiger partial charge in [-0.2, -0.15) is 5.10 Å². The first-order chi connectivity index (χ1) is 15.6. The molecule has 0 unspecified atom stereocenters. The van der Waals surface area contributed by atoms with Crippen LogP contribution in [0.1, 0.15) is 5.56 Å². The third-order valence-electron chi connectivity index (χ3n) is 4.33. The maximum Gasteiger partial charge on any atom is 0.250 e. The summed E-state index contributed by atoms with van der Waals surface area (Å²) in [5.74, 6) is 0.634. The highest BCUT2D eigenvalue weighted by Crippen LogP contribution is 2.28. The summed E-state index contributed by atoms with van der Waals surface area (Å²) in [6, 6.07) is 25.4. The number of hydrogen-bond donors (Lipinski definition) is 1. The number of nitrogens with zero attached hydrogens (tertiary/aromatic N) is 4. The van der Waals surface area contributed by atoms with Crippen molar-refractivity contribution in [3.8, 4) is 17.1 Å². The molecule has 0 aliphatic carbocycles. The highest BCUT2D eigenvalue weighted by atomic mass is 79.9. The number of benzene rings is 3. The highest BCUT2D eigenvalue weighted by Gasteiger charge is 2.17. The summed E-state index contributed by atoms with van der Waals surface area (Å²) in [7, 11) is 0. The van der Waals surface area contributed by atoms with Crippen LogP contribution < -0.4 is 5.43 Å². The van der Waals surface area contributed by atoms with Gasteiger partial charge in [-0.25, -0.2) is 5.43 Å². The van der Waals surface area contributed by atoms with Crippen LogP contribution in [0, 0.1) is 0 Å². The summed E-state index contributed by atoms with van der Waals surface area (Å²) >= 11 is 8.18. The summed E-state index contributed by atoms with van der Waals surface area (Å²) in [4.78, 5) is 12.3. The number of halogens is 2. The molecule has 1 aromatic heterocycles. The van der Waals surface area contributed by atoms with Crippen LogP contribution in [0.5, 0.6) is 0 Å². The number of para-hydroxylation sites is 1. The monoisotopic (exact) mass is 569 g/mol. The van der Waals surface area contributed by atoms with Gasteiger partial charge in [0.05, 0.1) is 12.0 Å². The Hall–Kier alpha value is -2.75. The van der Waals surface area contributed by atoms with E-state index in [2.05, 4.69) is 52.6 Å². The first kappa shape index (κ1) is 22.4. The van der Waals surface area contributed by atoms with Gasteiger partial charge in [-0.3, -0.25) is 9.36 Å². The quantitative estimate of drug-likeness (QED) is 0.176. The number of aromatic nitrogens is 3. The minimum Gasteiger partial charge on any atom is -0.272 e. The number of hydrogen-bond acceptors (Lipinski definition) is 5. The van der Waals surface area contributed by atoms with E-state index in [-0.39, 0.29) is 11.7 Å². The number of carbonyl (C=O) groups excluding carboxylic acids is 1. The van der Waals surface area contributed by atoms with E-state index in [1.54, 1.807) is 6.21 Å². The number of rotatable bonds is 7. The van der Waals surface area contributed by atoms with Crippen molar-refractivity contribution in [1.82, 2.24) is 20.2 Å². The minimum atomic E-state index is -0.228. The zero-order valence-corrected chi connectivity index (χ0v) is 20.6. The second-order valence-corrected chi connectivity index (χ2v) is 9.39. The van der Waals surface area contributed by atoms with Crippen LogP contribution in [0.25, 0.3) is 17.1 Å². The molecular formula is C23H17Br2N5OS. The van der Waals surface area contributed by atoms with E-state index < -0.39 is 0 Å². The van der Waals surface area contributed by atoms with Crippen molar-refractivity contribution in [2.45, 2.75) is 5.16 Å². The van der Waals surface area contributed by atoms with Gasteiger partial charge >= 0.3 is 0 Å². The molecule has 0 bridgehead atoms. The molecule has 0 aliphatic rings. The van der Waals surface area contributed by atoms with Crippen LogP contribution in [0.15, 0.2) is 98.1 Å². The molecule has 160 valence electrons. The molecule has 1 amide bonds. The topological polar surface area (TPSA) is 72.2 Å². The lowest BCUT2D eigenvalue weighted by Crippen LogP contribution is -2.20. The normalized spacial score (nSPS) is 11.1. The Labute approximate surface area is 206 Å². The van der Waals surface area contributed by atoms with E-state index in [0.29, 0.717) is 11.0 Å². The lowest BCUT2D eigenvalue weighted by molar-refractivity contribution is -0.118. The Balaban J connectivity index is 1.49. The molecule has 0 spiro atoms. The van der Waals surface area contributed by atoms with Gasteiger partial charge in [0.25, 0.3) is 5.91 Å². The molecule has 1 heterocycles.